The number of anilines is 1. The van der Waals surface area contributed by atoms with E-state index in [1.807, 2.05) is 0 Å². The van der Waals surface area contributed by atoms with Crippen molar-refractivity contribution in [3.63, 3.8) is 0 Å². The van der Waals surface area contributed by atoms with Gasteiger partial charge in [0, 0.05) is 35.8 Å². The maximum atomic E-state index is 3.43. The van der Waals surface area contributed by atoms with Gasteiger partial charge in [-0.2, -0.15) is 11.8 Å². The molecule has 1 aromatic rings. The molecule has 1 aromatic carbocycles. The molecular formula is C15H24N2S. The highest BCUT2D eigenvalue weighted by molar-refractivity contribution is 8.00. The molecule has 1 aliphatic heterocycles. The predicted octanol–water partition coefficient (Wildman–Crippen LogP) is 3.13. The molecular weight excluding hydrogens is 240 g/mol. The van der Waals surface area contributed by atoms with Crippen molar-refractivity contribution in [1.29, 1.82) is 0 Å². The van der Waals surface area contributed by atoms with Gasteiger partial charge in [0.15, 0.2) is 0 Å². The Kier molecular flexibility index (Phi) is 4.57. The van der Waals surface area contributed by atoms with E-state index in [2.05, 4.69) is 67.0 Å². The average Bonchev–Trinajstić information content (AvgIpc) is 2.35. The number of thioether (sulfide) groups is 1. The monoisotopic (exact) mass is 264 g/mol. The predicted molar refractivity (Wildman–Crippen MR) is 82.6 cm³/mol. The highest BCUT2D eigenvalue weighted by atomic mass is 32.2. The van der Waals surface area contributed by atoms with Crippen LogP contribution in [0.4, 0.5) is 5.69 Å². The topological polar surface area (TPSA) is 15.3 Å². The van der Waals surface area contributed by atoms with Gasteiger partial charge in [0.05, 0.1) is 0 Å². The molecule has 0 saturated carbocycles. The van der Waals surface area contributed by atoms with Crippen LogP contribution >= 0.6 is 11.8 Å². The van der Waals surface area contributed by atoms with Crippen LogP contribution in [0.25, 0.3) is 0 Å². The number of hydrogen-bond acceptors (Lipinski definition) is 3. The number of para-hydroxylation sites is 1. The Labute approximate surface area is 115 Å². The van der Waals surface area contributed by atoms with Crippen LogP contribution in [0.5, 0.6) is 0 Å². The Morgan fingerprint density at radius 2 is 2.11 bits per heavy atom. The maximum Gasteiger partial charge on any atom is 0.0412 e. The van der Waals surface area contributed by atoms with Crippen molar-refractivity contribution >= 4 is 17.4 Å². The summed E-state index contributed by atoms with van der Waals surface area (Å²) in [6.07, 6.45) is 0. The third-order valence-electron chi connectivity index (χ3n) is 3.32. The number of nitrogens with zero attached hydrogens (tertiary/aromatic N) is 1. The lowest BCUT2D eigenvalue weighted by atomic mass is 10.1. The lowest BCUT2D eigenvalue weighted by molar-refractivity contribution is 0.642. The molecule has 0 amide bonds. The molecule has 0 radical (unpaired) electrons. The van der Waals surface area contributed by atoms with Crippen LogP contribution < -0.4 is 10.2 Å². The van der Waals surface area contributed by atoms with Gasteiger partial charge in [0.25, 0.3) is 0 Å². The fourth-order valence-corrected chi connectivity index (χ4v) is 3.56. The molecule has 3 heteroatoms. The van der Waals surface area contributed by atoms with Crippen LogP contribution in [0.2, 0.25) is 0 Å². The van der Waals surface area contributed by atoms with E-state index in [9.17, 15) is 0 Å². The van der Waals surface area contributed by atoms with Crippen LogP contribution in [0.3, 0.4) is 0 Å². The van der Waals surface area contributed by atoms with E-state index in [1.54, 1.807) is 0 Å². The van der Waals surface area contributed by atoms with E-state index in [4.69, 9.17) is 0 Å². The first-order valence-corrected chi connectivity index (χ1v) is 7.78. The zero-order valence-corrected chi connectivity index (χ0v) is 12.5. The smallest absolute Gasteiger partial charge is 0.0412 e. The van der Waals surface area contributed by atoms with Crippen LogP contribution in [0.15, 0.2) is 24.3 Å². The molecule has 0 spiro atoms. The fraction of sp³-hybridized carbons (Fsp3) is 0.600. The van der Waals surface area contributed by atoms with Gasteiger partial charge >= 0.3 is 0 Å². The number of nitrogens with one attached hydrogen (secondary N) is 1. The van der Waals surface area contributed by atoms with Crippen molar-refractivity contribution in [3.05, 3.63) is 29.8 Å². The Balaban J connectivity index is 2.16. The van der Waals surface area contributed by atoms with Gasteiger partial charge in [-0.1, -0.05) is 25.1 Å². The molecule has 18 heavy (non-hydrogen) atoms. The minimum Gasteiger partial charge on any atom is -0.369 e. The van der Waals surface area contributed by atoms with E-state index in [1.165, 1.54) is 17.0 Å². The molecule has 100 valence electrons. The van der Waals surface area contributed by atoms with Gasteiger partial charge in [-0.15, -0.1) is 0 Å². The summed E-state index contributed by atoms with van der Waals surface area (Å²) >= 11 is 2.09. The average molecular weight is 264 g/mol. The molecule has 0 unspecified atom stereocenters. The summed E-state index contributed by atoms with van der Waals surface area (Å²) in [5.74, 6) is 1.22. The minimum absolute atomic E-state index is 0.365. The van der Waals surface area contributed by atoms with Gasteiger partial charge in [0.1, 0.15) is 0 Å². The Bertz CT molecular complexity index is 390. The quantitative estimate of drug-likeness (QED) is 0.899. The third kappa shape index (κ3) is 3.42. The second-order valence-corrected chi connectivity index (χ2v) is 7.24. The Morgan fingerprint density at radius 3 is 2.83 bits per heavy atom. The lowest BCUT2D eigenvalue weighted by Crippen LogP contribution is -2.43. The standard InChI is InChI=1S/C15H24N2S/c1-4-16-11-13-7-5-6-8-14(13)17-9-10-18-15(2,3)12-17/h5-8,16H,4,9-12H2,1-3H3. The van der Waals surface area contributed by atoms with Crippen molar-refractivity contribution < 1.29 is 0 Å². The molecule has 2 rings (SSSR count). The zero-order valence-electron chi connectivity index (χ0n) is 11.7. The van der Waals surface area contributed by atoms with Crippen molar-refractivity contribution in [3.8, 4) is 0 Å². The highest BCUT2D eigenvalue weighted by Gasteiger charge is 2.27. The van der Waals surface area contributed by atoms with Crippen LogP contribution in [-0.2, 0) is 6.54 Å². The molecule has 0 aliphatic carbocycles. The van der Waals surface area contributed by atoms with E-state index in [-0.39, 0.29) is 0 Å². The third-order valence-corrected chi connectivity index (χ3v) is 4.62. The molecule has 0 aromatic heterocycles. The summed E-state index contributed by atoms with van der Waals surface area (Å²) in [5.41, 5.74) is 2.83. The van der Waals surface area contributed by atoms with Crippen molar-refractivity contribution in [2.24, 2.45) is 0 Å². The summed E-state index contributed by atoms with van der Waals surface area (Å²) < 4.78 is 0.365. The largest absolute Gasteiger partial charge is 0.369 e. The number of rotatable bonds is 4. The Hall–Kier alpha value is -0.670. The van der Waals surface area contributed by atoms with E-state index in [0.29, 0.717) is 4.75 Å². The van der Waals surface area contributed by atoms with E-state index in [0.717, 1.165) is 26.2 Å². The molecule has 1 N–H and O–H groups in total. The van der Waals surface area contributed by atoms with Crippen LogP contribution in [-0.4, -0.2) is 30.1 Å². The first-order chi connectivity index (χ1) is 8.62. The highest BCUT2D eigenvalue weighted by Crippen LogP contribution is 2.33. The fourth-order valence-electron chi connectivity index (χ4n) is 2.45. The van der Waals surface area contributed by atoms with Gasteiger partial charge in [-0.3, -0.25) is 0 Å². The Morgan fingerprint density at radius 1 is 1.33 bits per heavy atom. The molecule has 1 heterocycles. The SMILES string of the molecule is CCNCc1ccccc1N1CCSC(C)(C)C1. The van der Waals surface area contributed by atoms with Gasteiger partial charge in [0.2, 0.25) is 0 Å². The second-order valence-electron chi connectivity index (χ2n) is 5.44. The van der Waals surface area contributed by atoms with E-state index < -0.39 is 0 Å². The van der Waals surface area contributed by atoms with Crippen molar-refractivity contribution in [2.75, 3.05) is 30.3 Å². The van der Waals surface area contributed by atoms with E-state index >= 15 is 0 Å². The minimum atomic E-state index is 0.365. The summed E-state index contributed by atoms with van der Waals surface area (Å²) in [6, 6.07) is 8.80. The van der Waals surface area contributed by atoms with Gasteiger partial charge < -0.3 is 10.2 Å². The molecule has 1 aliphatic rings. The molecule has 0 bridgehead atoms. The van der Waals surface area contributed by atoms with Gasteiger partial charge in [-0.25, -0.2) is 0 Å². The molecule has 1 saturated heterocycles. The summed E-state index contributed by atoms with van der Waals surface area (Å²) in [5, 5.41) is 3.43. The summed E-state index contributed by atoms with van der Waals surface area (Å²) in [4.78, 5) is 2.54. The number of benzene rings is 1. The maximum absolute atomic E-state index is 3.43. The second kappa shape index (κ2) is 5.98. The summed E-state index contributed by atoms with van der Waals surface area (Å²) in [7, 11) is 0. The molecule has 0 atom stereocenters. The summed E-state index contributed by atoms with van der Waals surface area (Å²) in [6.45, 7) is 11.1. The molecule has 2 nitrogen and oxygen atoms in total. The lowest BCUT2D eigenvalue weighted by Gasteiger charge is -2.39. The molecule has 1 fully saturated rings. The first-order valence-electron chi connectivity index (χ1n) is 6.80. The van der Waals surface area contributed by atoms with Crippen molar-refractivity contribution in [1.82, 2.24) is 5.32 Å². The number of hydrogen-bond donors (Lipinski definition) is 1. The zero-order chi connectivity index (χ0) is 13.0. The van der Waals surface area contributed by atoms with Crippen molar-refractivity contribution in [2.45, 2.75) is 32.1 Å². The first kappa shape index (κ1) is 13.8. The van der Waals surface area contributed by atoms with Crippen LogP contribution in [0, 0.1) is 0 Å². The normalized spacial score (nSPS) is 18.9. The van der Waals surface area contributed by atoms with Gasteiger partial charge in [-0.05, 0) is 32.0 Å². The van der Waals surface area contributed by atoms with Crippen LogP contribution in [0.1, 0.15) is 26.3 Å².